The Hall–Kier alpha value is -1.54. The van der Waals surface area contributed by atoms with E-state index >= 15 is 0 Å². The third-order valence-corrected chi connectivity index (χ3v) is 12.3. The number of ketones is 2. The molecule has 16 N–H and O–H groups in total. The normalized spacial score (nSPS) is 47.2. The van der Waals surface area contributed by atoms with E-state index in [1.165, 1.54) is 0 Å². The Kier molecular flexibility index (Phi) is 16.8. The Balaban J connectivity index is 1.49. The average molecular weight is 879 g/mol. The maximum Gasteiger partial charge on any atom is 0.264 e. The van der Waals surface area contributed by atoms with Crippen LogP contribution in [0.15, 0.2) is 0 Å². The summed E-state index contributed by atoms with van der Waals surface area (Å²) in [5.74, 6) is -13.9. The number of aliphatic hydroxyl groups is 16. The van der Waals surface area contributed by atoms with Crippen molar-refractivity contribution in [3.63, 3.8) is 0 Å². The van der Waals surface area contributed by atoms with Crippen LogP contribution in [0.4, 0.5) is 0 Å². The Morgan fingerprint density at radius 3 is 0.967 bits per heavy atom. The predicted molar refractivity (Wildman–Crippen MR) is 191 cm³/mol. The second-order valence-electron chi connectivity index (χ2n) is 16.1. The first kappa shape index (κ1) is 51.1. The van der Waals surface area contributed by atoms with Crippen LogP contribution in [-0.4, -0.2) is 241 Å². The molecule has 0 saturated carbocycles. The van der Waals surface area contributed by atoms with E-state index < -0.39 is 172 Å². The first-order valence-corrected chi connectivity index (χ1v) is 19.8. The number of carbonyl (C=O) groups excluding carboxylic acids is 2. The summed E-state index contributed by atoms with van der Waals surface area (Å²) in [5, 5.41) is 170. The van der Waals surface area contributed by atoms with Gasteiger partial charge in [0.25, 0.3) is 11.6 Å². The molecule has 350 valence electrons. The quantitative estimate of drug-likeness (QED) is 0.0476. The van der Waals surface area contributed by atoms with E-state index in [0.29, 0.717) is 12.8 Å². The molecule has 4 aliphatic rings. The van der Waals surface area contributed by atoms with E-state index in [0.717, 1.165) is 13.8 Å². The van der Waals surface area contributed by atoms with E-state index in [-0.39, 0.29) is 25.7 Å². The van der Waals surface area contributed by atoms with Crippen molar-refractivity contribution in [2.45, 2.75) is 173 Å². The molecular weight excluding hydrogens is 816 g/mol. The van der Waals surface area contributed by atoms with Gasteiger partial charge in [-0.2, -0.15) is 0 Å². The first-order chi connectivity index (χ1) is 28.1. The van der Waals surface area contributed by atoms with Crippen LogP contribution in [-0.2, 0) is 38.0 Å². The van der Waals surface area contributed by atoms with Crippen molar-refractivity contribution < 1.29 is 120 Å². The van der Waals surface area contributed by atoms with E-state index in [4.69, 9.17) is 28.4 Å². The van der Waals surface area contributed by atoms with Gasteiger partial charge in [-0.1, -0.05) is 38.5 Å². The summed E-state index contributed by atoms with van der Waals surface area (Å²) in [6, 6.07) is 0. The molecule has 24 heteroatoms. The lowest BCUT2D eigenvalue weighted by Gasteiger charge is -2.56. The third-order valence-electron chi connectivity index (χ3n) is 12.3. The molecule has 4 saturated heterocycles. The molecule has 0 amide bonds. The minimum Gasteiger partial charge on any atom is -0.394 e. The van der Waals surface area contributed by atoms with Gasteiger partial charge in [-0.05, 0) is 12.8 Å². The van der Waals surface area contributed by atoms with Crippen molar-refractivity contribution in [1.29, 1.82) is 0 Å². The van der Waals surface area contributed by atoms with Crippen molar-refractivity contribution in [3.8, 4) is 0 Å². The molecule has 0 aliphatic carbocycles. The van der Waals surface area contributed by atoms with Gasteiger partial charge < -0.3 is 110 Å². The summed E-state index contributed by atoms with van der Waals surface area (Å²) in [4.78, 5) is 26.8. The summed E-state index contributed by atoms with van der Waals surface area (Å²) in [7, 11) is 0. The molecule has 0 aromatic heterocycles. The van der Waals surface area contributed by atoms with Gasteiger partial charge in [0.1, 0.15) is 86.5 Å². The molecule has 0 aromatic rings. The molecule has 4 aliphatic heterocycles. The zero-order chi connectivity index (χ0) is 45.2. The summed E-state index contributed by atoms with van der Waals surface area (Å²) in [5.41, 5.74) is -5.73. The highest BCUT2D eigenvalue weighted by Gasteiger charge is 2.73. The largest absolute Gasteiger partial charge is 0.394 e. The lowest BCUT2D eigenvalue weighted by atomic mass is 9.74. The van der Waals surface area contributed by atoms with Crippen molar-refractivity contribution in [2.75, 3.05) is 39.6 Å². The van der Waals surface area contributed by atoms with E-state index in [1.807, 2.05) is 0 Å². The Morgan fingerprint density at radius 2 is 0.717 bits per heavy atom. The minimum atomic E-state index is -3.05. The fourth-order valence-corrected chi connectivity index (χ4v) is 8.68. The van der Waals surface area contributed by atoms with Crippen LogP contribution in [0.1, 0.15) is 65.2 Å². The van der Waals surface area contributed by atoms with Gasteiger partial charge >= 0.3 is 0 Å². The maximum atomic E-state index is 13.4. The molecule has 2 unspecified atom stereocenters. The molecular formula is C36H62O24. The molecule has 4 rings (SSSR count). The standard InChI is InChI=1S/C36H62O24/c1-17(43)35(59-33(15-41)29(51)25(47)19(11-37)55-33)31(53,27(49)23(45)21(13-39)57-35)9-7-5-3-4-6-8-10-32(54)28(50)24(46)22(14-40)58-36(32,18(2)44)60-34(16-42)30(52)26(48)20(12-38)56-34/h19-30,37-42,45-54H,3-16H2,1-2H3/t19-,20-,21-,22-,23-,24-,25-,26-,27+,28+,29+,30+,31-,32-,33?,34?,35+,36+/m1/s1. The molecule has 0 aromatic carbocycles. The zero-order valence-corrected chi connectivity index (χ0v) is 33.2. The average Bonchev–Trinajstić information content (AvgIpc) is 3.62. The molecule has 60 heavy (non-hydrogen) atoms. The molecule has 0 radical (unpaired) electrons. The number of Topliss-reactive ketones (excluding diaryl/α,β-unsaturated/α-hetero) is 2. The van der Waals surface area contributed by atoms with Crippen LogP contribution >= 0.6 is 0 Å². The van der Waals surface area contributed by atoms with Crippen LogP contribution in [0.25, 0.3) is 0 Å². The summed E-state index contributed by atoms with van der Waals surface area (Å²) < 4.78 is 33.6. The van der Waals surface area contributed by atoms with Crippen LogP contribution in [0.5, 0.6) is 0 Å². The molecule has 0 spiro atoms. The summed E-state index contributed by atoms with van der Waals surface area (Å²) >= 11 is 0. The number of hydrogen-bond acceptors (Lipinski definition) is 24. The number of ether oxygens (including phenoxy) is 6. The number of carbonyl (C=O) groups is 2. The van der Waals surface area contributed by atoms with Gasteiger partial charge in [-0.3, -0.25) is 9.59 Å². The highest BCUT2D eigenvalue weighted by Crippen LogP contribution is 2.50. The van der Waals surface area contributed by atoms with E-state index in [2.05, 4.69) is 0 Å². The van der Waals surface area contributed by atoms with Crippen LogP contribution < -0.4 is 0 Å². The van der Waals surface area contributed by atoms with Gasteiger partial charge in [0, 0.05) is 13.8 Å². The van der Waals surface area contributed by atoms with Crippen LogP contribution in [0, 0.1) is 0 Å². The zero-order valence-electron chi connectivity index (χ0n) is 33.2. The second kappa shape index (κ2) is 19.7. The van der Waals surface area contributed by atoms with E-state index in [1.54, 1.807) is 0 Å². The smallest absolute Gasteiger partial charge is 0.264 e. The monoisotopic (exact) mass is 878 g/mol. The fraction of sp³-hybridized carbons (Fsp3) is 0.944. The summed E-state index contributed by atoms with van der Waals surface area (Å²) in [6.07, 6.45) is -23.2. The number of hydrogen-bond donors (Lipinski definition) is 16. The van der Waals surface area contributed by atoms with Crippen molar-refractivity contribution >= 4 is 11.6 Å². The van der Waals surface area contributed by atoms with Crippen LogP contribution in [0.3, 0.4) is 0 Å². The first-order valence-electron chi connectivity index (χ1n) is 19.8. The lowest BCUT2D eigenvalue weighted by Crippen LogP contribution is -2.78. The van der Waals surface area contributed by atoms with Gasteiger partial charge in [-0.25, -0.2) is 0 Å². The van der Waals surface area contributed by atoms with Gasteiger partial charge in [-0.15, -0.1) is 0 Å². The summed E-state index contributed by atoms with van der Waals surface area (Å²) in [6.45, 7) is -4.61. The topological polar surface area (TPSA) is 413 Å². The van der Waals surface area contributed by atoms with Crippen molar-refractivity contribution in [2.24, 2.45) is 0 Å². The highest BCUT2D eigenvalue weighted by molar-refractivity contribution is 5.86. The Morgan fingerprint density at radius 1 is 0.450 bits per heavy atom. The predicted octanol–water partition coefficient (Wildman–Crippen LogP) is -8.00. The Labute approximate surface area is 343 Å². The van der Waals surface area contributed by atoms with Gasteiger partial charge in [0.2, 0.25) is 11.6 Å². The lowest BCUT2D eigenvalue weighted by molar-refractivity contribution is -0.440. The third kappa shape index (κ3) is 8.44. The minimum absolute atomic E-state index is 0.0397. The van der Waals surface area contributed by atoms with Crippen molar-refractivity contribution in [1.82, 2.24) is 0 Å². The van der Waals surface area contributed by atoms with Crippen LogP contribution in [0.2, 0.25) is 0 Å². The highest BCUT2D eigenvalue weighted by atomic mass is 16.8. The fourth-order valence-electron chi connectivity index (χ4n) is 8.68. The second-order valence-corrected chi connectivity index (χ2v) is 16.1. The molecule has 4 heterocycles. The number of unbranched alkanes of at least 4 members (excludes halogenated alkanes) is 5. The molecule has 4 fully saturated rings. The van der Waals surface area contributed by atoms with E-state index in [9.17, 15) is 91.3 Å². The maximum absolute atomic E-state index is 13.4. The van der Waals surface area contributed by atoms with Gasteiger partial charge in [0.15, 0.2) is 22.8 Å². The molecule has 0 bridgehead atoms. The molecule has 24 nitrogen and oxygen atoms in total. The SMILES string of the molecule is CC(=O)[C@@]1(OC2(CO)O[C@H](CO)[C@@H](O)[C@@H]2O)O[C@H](CO)[C@@H](O)[C@H](O)[C@]1(O)CCCCCCCC[C@@]1(O)[C@@H](O)[C@H](O)[C@@H](CO)O[C@]1(OC1(CO)O[C@H](CO)[C@@H](O)[C@@H]1O)C(C)=O. The van der Waals surface area contributed by atoms with Gasteiger partial charge in [0.05, 0.1) is 26.4 Å². The molecule has 18 atom stereocenters. The number of aliphatic hydroxyl groups excluding tert-OH is 14. The number of rotatable bonds is 21. The Bertz CT molecular complexity index is 1340. The van der Waals surface area contributed by atoms with Crippen molar-refractivity contribution in [3.05, 3.63) is 0 Å².